The fraction of sp³-hybridized carbons (Fsp3) is 0.667. The molecule has 1 heterocycles. The van der Waals surface area contributed by atoms with Crippen LogP contribution in [0.1, 0.15) is 19.8 Å². The smallest absolute Gasteiger partial charge is 0.246 e. The first-order chi connectivity index (χ1) is 6.99. The molecule has 0 saturated carbocycles. The fourth-order valence-corrected chi connectivity index (χ4v) is 1.30. The molecule has 0 aromatic heterocycles. The molecule has 0 aromatic rings. The van der Waals surface area contributed by atoms with Crippen molar-refractivity contribution >= 4 is 17.7 Å². The zero-order chi connectivity index (χ0) is 11.4. The Labute approximate surface area is 87.2 Å². The Morgan fingerprint density at radius 1 is 1.40 bits per heavy atom. The molecule has 0 radical (unpaired) electrons. The lowest BCUT2D eigenvalue weighted by Gasteiger charge is -2.19. The van der Waals surface area contributed by atoms with Gasteiger partial charge in [-0.25, -0.2) is 0 Å². The van der Waals surface area contributed by atoms with Gasteiger partial charge < -0.3 is 10.0 Å². The second-order valence-corrected chi connectivity index (χ2v) is 3.60. The topological polar surface area (TPSA) is 86.7 Å². The molecule has 1 rings (SSSR count). The maximum absolute atomic E-state index is 11.4. The van der Waals surface area contributed by atoms with Gasteiger partial charge in [-0.15, -0.1) is 0 Å². The summed E-state index contributed by atoms with van der Waals surface area (Å²) < 4.78 is 0. The molecule has 1 aliphatic heterocycles. The third-order valence-corrected chi connectivity index (χ3v) is 2.09. The van der Waals surface area contributed by atoms with Gasteiger partial charge >= 0.3 is 0 Å². The van der Waals surface area contributed by atoms with Crippen LogP contribution in [0, 0.1) is 0 Å². The Bertz CT molecular complexity index is 288. The Hall–Kier alpha value is -1.43. The van der Waals surface area contributed by atoms with Crippen LogP contribution in [-0.2, 0) is 14.4 Å². The van der Waals surface area contributed by atoms with Crippen LogP contribution in [-0.4, -0.2) is 46.9 Å². The van der Waals surface area contributed by atoms with Crippen LogP contribution in [0.4, 0.5) is 0 Å². The van der Waals surface area contributed by atoms with Gasteiger partial charge in [-0.1, -0.05) is 0 Å². The highest BCUT2D eigenvalue weighted by molar-refractivity contribution is 6.07. The number of imide groups is 1. The van der Waals surface area contributed by atoms with Crippen LogP contribution < -0.4 is 5.32 Å². The predicted molar refractivity (Wildman–Crippen MR) is 50.6 cm³/mol. The molecule has 0 aliphatic carbocycles. The average molecular weight is 214 g/mol. The highest BCUT2D eigenvalue weighted by Crippen LogP contribution is 2.02. The number of nitrogens with one attached hydrogen (secondary N) is 1. The average Bonchev–Trinajstić information content (AvgIpc) is 2.21. The number of carbonyl (C=O) groups excluding carboxylic acids is 3. The summed E-state index contributed by atoms with van der Waals surface area (Å²) in [5.74, 6) is -1.42. The van der Waals surface area contributed by atoms with E-state index < -0.39 is 17.9 Å². The van der Waals surface area contributed by atoms with Crippen molar-refractivity contribution in [1.82, 2.24) is 10.2 Å². The Morgan fingerprint density at radius 3 is 2.67 bits per heavy atom. The van der Waals surface area contributed by atoms with Crippen molar-refractivity contribution in [2.75, 3.05) is 13.1 Å². The largest absolute Gasteiger partial charge is 0.393 e. The maximum Gasteiger partial charge on any atom is 0.246 e. The van der Waals surface area contributed by atoms with Gasteiger partial charge in [-0.2, -0.15) is 0 Å². The molecule has 1 unspecified atom stereocenters. The van der Waals surface area contributed by atoms with Gasteiger partial charge in [0.25, 0.3) is 0 Å². The summed E-state index contributed by atoms with van der Waals surface area (Å²) in [5.41, 5.74) is 0. The summed E-state index contributed by atoms with van der Waals surface area (Å²) in [4.78, 5) is 34.8. The number of amides is 3. The molecule has 15 heavy (non-hydrogen) atoms. The minimum atomic E-state index is -0.565. The standard InChI is InChI=1S/C9H14N2O4/c1-6(12)2-3-11-5-8(14)10-7(13)4-9(11)15/h6,12H,2-5H2,1H3,(H,10,13,14). The normalized spacial score (nSPS) is 19.9. The summed E-state index contributed by atoms with van der Waals surface area (Å²) in [5, 5.41) is 11.1. The maximum atomic E-state index is 11.4. The lowest BCUT2D eigenvalue weighted by atomic mass is 10.2. The predicted octanol–water partition coefficient (Wildman–Crippen LogP) is -1.37. The van der Waals surface area contributed by atoms with E-state index in [1.807, 2.05) is 0 Å². The number of nitrogens with zero attached hydrogens (tertiary/aromatic N) is 1. The summed E-state index contributed by atoms with van der Waals surface area (Å²) in [6, 6.07) is 0. The first kappa shape index (κ1) is 11.6. The molecule has 84 valence electrons. The quantitative estimate of drug-likeness (QED) is 0.448. The molecule has 0 bridgehead atoms. The van der Waals surface area contributed by atoms with E-state index in [4.69, 9.17) is 5.11 Å². The second-order valence-electron chi connectivity index (χ2n) is 3.60. The Balaban J connectivity index is 2.57. The minimum Gasteiger partial charge on any atom is -0.393 e. The number of aliphatic hydroxyl groups excluding tert-OH is 1. The van der Waals surface area contributed by atoms with Crippen molar-refractivity contribution in [1.29, 1.82) is 0 Å². The van der Waals surface area contributed by atoms with E-state index in [2.05, 4.69) is 5.32 Å². The molecule has 6 nitrogen and oxygen atoms in total. The van der Waals surface area contributed by atoms with Crippen LogP contribution in [0.2, 0.25) is 0 Å². The number of hydrogen-bond acceptors (Lipinski definition) is 4. The van der Waals surface area contributed by atoms with E-state index in [1.54, 1.807) is 6.92 Å². The van der Waals surface area contributed by atoms with Crippen molar-refractivity contribution in [3.63, 3.8) is 0 Å². The summed E-state index contributed by atoms with van der Waals surface area (Å²) in [6.45, 7) is 1.78. The Morgan fingerprint density at radius 2 is 2.07 bits per heavy atom. The van der Waals surface area contributed by atoms with Crippen LogP contribution in [0.15, 0.2) is 0 Å². The molecule has 1 aliphatic rings. The molecule has 0 aromatic carbocycles. The second kappa shape index (κ2) is 4.88. The summed E-state index contributed by atoms with van der Waals surface area (Å²) >= 11 is 0. The zero-order valence-electron chi connectivity index (χ0n) is 8.52. The van der Waals surface area contributed by atoms with E-state index in [-0.39, 0.29) is 25.4 Å². The van der Waals surface area contributed by atoms with E-state index >= 15 is 0 Å². The van der Waals surface area contributed by atoms with Gasteiger partial charge in [-0.05, 0) is 13.3 Å². The molecule has 1 fully saturated rings. The molecule has 1 atom stereocenters. The van der Waals surface area contributed by atoms with Gasteiger partial charge in [0.15, 0.2) is 0 Å². The fourth-order valence-electron chi connectivity index (χ4n) is 1.30. The highest BCUT2D eigenvalue weighted by Gasteiger charge is 2.25. The monoisotopic (exact) mass is 214 g/mol. The molecule has 2 N–H and O–H groups in total. The third-order valence-electron chi connectivity index (χ3n) is 2.09. The van der Waals surface area contributed by atoms with Crippen LogP contribution >= 0.6 is 0 Å². The van der Waals surface area contributed by atoms with Gasteiger partial charge in [0.2, 0.25) is 17.7 Å². The van der Waals surface area contributed by atoms with Gasteiger partial charge in [0.05, 0.1) is 12.6 Å². The van der Waals surface area contributed by atoms with E-state index in [0.717, 1.165) is 0 Å². The number of carbonyl (C=O) groups is 3. The van der Waals surface area contributed by atoms with Crippen molar-refractivity contribution in [3.05, 3.63) is 0 Å². The molecule has 0 spiro atoms. The van der Waals surface area contributed by atoms with Gasteiger partial charge in [0, 0.05) is 6.54 Å². The number of rotatable bonds is 3. The van der Waals surface area contributed by atoms with E-state index in [1.165, 1.54) is 4.90 Å². The first-order valence-electron chi connectivity index (χ1n) is 4.77. The molecule has 3 amide bonds. The molecular weight excluding hydrogens is 200 g/mol. The van der Waals surface area contributed by atoms with Crippen molar-refractivity contribution < 1.29 is 19.5 Å². The molecular formula is C9H14N2O4. The third kappa shape index (κ3) is 3.67. The lowest BCUT2D eigenvalue weighted by Crippen LogP contribution is -2.37. The number of aliphatic hydroxyl groups is 1. The molecule has 1 saturated heterocycles. The van der Waals surface area contributed by atoms with E-state index in [9.17, 15) is 14.4 Å². The van der Waals surface area contributed by atoms with Crippen LogP contribution in [0.25, 0.3) is 0 Å². The zero-order valence-corrected chi connectivity index (χ0v) is 8.52. The Kier molecular flexibility index (Phi) is 3.79. The SMILES string of the molecule is CC(O)CCN1CC(=O)NC(=O)CC1=O. The van der Waals surface area contributed by atoms with Crippen molar-refractivity contribution in [2.45, 2.75) is 25.9 Å². The number of hydrogen-bond donors (Lipinski definition) is 2. The van der Waals surface area contributed by atoms with Crippen LogP contribution in [0.3, 0.4) is 0 Å². The van der Waals surface area contributed by atoms with Crippen molar-refractivity contribution in [3.8, 4) is 0 Å². The first-order valence-corrected chi connectivity index (χ1v) is 4.77. The lowest BCUT2D eigenvalue weighted by molar-refractivity contribution is -0.134. The minimum absolute atomic E-state index is 0.114. The van der Waals surface area contributed by atoms with Gasteiger partial charge in [0.1, 0.15) is 6.42 Å². The highest BCUT2D eigenvalue weighted by atomic mass is 16.3. The summed E-state index contributed by atoms with van der Waals surface area (Å²) in [7, 11) is 0. The van der Waals surface area contributed by atoms with Crippen LogP contribution in [0.5, 0.6) is 0 Å². The molecule has 6 heteroatoms. The summed E-state index contributed by atoms with van der Waals surface area (Å²) in [6.07, 6.45) is -0.432. The van der Waals surface area contributed by atoms with E-state index in [0.29, 0.717) is 6.42 Å². The van der Waals surface area contributed by atoms with Gasteiger partial charge in [-0.3, -0.25) is 19.7 Å². The van der Waals surface area contributed by atoms with Crippen molar-refractivity contribution in [2.24, 2.45) is 0 Å².